The second-order valence-corrected chi connectivity index (χ2v) is 7.86. The SMILES string of the molecule is CCS(=O)(=O)c1ccc(/C(=C\C2C[C@@H](F)[C@@H](F)C2)C(=O)O)cc1. The number of hydrogen-bond donors (Lipinski definition) is 1. The minimum atomic E-state index is -3.36. The molecule has 1 aromatic carbocycles. The minimum absolute atomic E-state index is 0.0414. The summed E-state index contributed by atoms with van der Waals surface area (Å²) in [4.78, 5) is 11.5. The number of aliphatic carboxylic acids is 1. The van der Waals surface area contributed by atoms with Crippen molar-refractivity contribution in [2.75, 3.05) is 5.75 Å². The topological polar surface area (TPSA) is 71.4 Å². The van der Waals surface area contributed by atoms with Crippen LogP contribution in [0.15, 0.2) is 35.2 Å². The van der Waals surface area contributed by atoms with Crippen LogP contribution >= 0.6 is 0 Å². The van der Waals surface area contributed by atoms with Crippen LogP contribution in [0.3, 0.4) is 0 Å². The number of carboxylic acids is 1. The summed E-state index contributed by atoms with van der Waals surface area (Å²) in [5.41, 5.74) is 0.238. The molecule has 1 N–H and O–H groups in total. The van der Waals surface area contributed by atoms with Crippen LogP contribution in [0.2, 0.25) is 0 Å². The highest BCUT2D eigenvalue weighted by Gasteiger charge is 2.34. The Hall–Kier alpha value is -1.76. The zero-order valence-electron chi connectivity index (χ0n) is 12.6. The average Bonchev–Trinajstić information content (AvgIpc) is 2.83. The Bertz CT molecular complexity index is 700. The number of hydrogen-bond acceptors (Lipinski definition) is 3. The Kier molecular flexibility index (Phi) is 5.19. The van der Waals surface area contributed by atoms with E-state index in [0.29, 0.717) is 5.56 Å². The lowest BCUT2D eigenvalue weighted by Gasteiger charge is -2.08. The normalized spacial score (nSPS) is 25.5. The largest absolute Gasteiger partial charge is 0.478 e. The van der Waals surface area contributed by atoms with E-state index in [2.05, 4.69) is 0 Å². The van der Waals surface area contributed by atoms with Gasteiger partial charge in [0.05, 0.1) is 16.2 Å². The van der Waals surface area contributed by atoms with E-state index in [0.717, 1.165) is 0 Å². The van der Waals surface area contributed by atoms with Gasteiger partial charge >= 0.3 is 5.97 Å². The van der Waals surface area contributed by atoms with Gasteiger partial charge in [0, 0.05) is 0 Å². The summed E-state index contributed by atoms with van der Waals surface area (Å²) >= 11 is 0. The summed E-state index contributed by atoms with van der Waals surface area (Å²) in [6.45, 7) is 1.52. The molecule has 1 unspecified atom stereocenters. The predicted octanol–water partition coefficient (Wildman–Crippen LogP) is 3.03. The molecule has 0 aliphatic heterocycles. The van der Waals surface area contributed by atoms with Crippen molar-refractivity contribution >= 4 is 21.4 Å². The molecule has 1 saturated carbocycles. The van der Waals surface area contributed by atoms with E-state index in [1.54, 1.807) is 0 Å². The molecule has 7 heteroatoms. The van der Waals surface area contributed by atoms with Crippen molar-refractivity contribution in [2.24, 2.45) is 5.92 Å². The Morgan fingerprint density at radius 2 is 1.74 bits per heavy atom. The maximum atomic E-state index is 13.2. The number of allylic oxidation sites excluding steroid dienone is 1. The van der Waals surface area contributed by atoms with Crippen molar-refractivity contribution in [2.45, 2.75) is 37.0 Å². The Labute approximate surface area is 133 Å². The molecule has 4 nitrogen and oxygen atoms in total. The van der Waals surface area contributed by atoms with E-state index in [1.165, 1.54) is 37.3 Å². The molecule has 1 fully saturated rings. The fourth-order valence-electron chi connectivity index (χ4n) is 2.64. The quantitative estimate of drug-likeness (QED) is 0.834. The predicted molar refractivity (Wildman–Crippen MR) is 82.3 cm³/mol. The fourth-order valence-corrected chi connectivity index (χ4v) is 3.53. The van der Waals surface area contributed by atoms with Crippen LogP contribution in [0.4, 0.5) is 8.78 Å². The lowest BCUT2D eigenvalue weighted by molar-refractivity contribution is -0.130. The van der Waals surface area contributed by atoms with E-state index in [4.69, 9.17) is 0 Å². The van der Waals surface area contributed by atoms with Crippen molar-refractivity contribution in [3.63, 3.8) is 0 Å². The van der Waals surface area contributed by atoms with Crippen molar-refractivity contribution in [1.29, 1.82) is 0 Å². The average molecular weight is 344 g/mol. The third kappa shape index (κ3) is 3.96. The number of benzene rings is 1. The Morgan fingerprint density at radius 1 is 1.22 bits per heavy atom. The number of carbonyl (C=O) groups is 1. The molecule has 3 atom stereocenters. The van der Waals surface area contributed by atoms with Gasteiger partial charge < -0.3 is 5.11 Å². The molecule has 0 amide bonds. The van der Waals surface area contributed by atoms with E-state index < -0.39 is 34.1 Å². The molecule has 23 heavy (non-hydrogen) atoms. The number of alkyl halides is 2. The summed E-state index contributed by atoms with van der Waals surface area (Å²) in [7, 11) is -3.36. The van der Waals surface area contributed by atoms with Gasteiger partial charge in [-0.3, -0.25) is 0 Å². The van der Waals surface area contributed by atoms with Crippen LogP contribution in [-0.4, -0.2) is 37.6 Å². The van der Waals surface area contributed by atoms with Crippen molar-refractivity contribution in [3.05, 3.63) is 35.9 Å². The zero-order chi connectivity index (χ0) is 17.2. The molecular formula is C16H18F2O4S. The van der Waals surface area contributed by atoms with Gasteiger partial charge in [-0.05, 0) is 36.5 Å². The standard InChI is InChI=1S/C16H18F2O4S/c1-2-23(21,22)12-5-3-11(4-6-12)13(16(19)20)7-10-8-14(17)15(18)9-10/h3-7,10,14-15H,2,8-9H2,1H3,(H,19,20)/b13-7+/t10?,14-,15+. The van der Waals surface area contributed by atoms with Crippen LogP contribution in [0.5, 0.6) is 0 Å². The zero-order valence-corrected chi connectivity index (χ0v) is 13.4. The van der Waals surface area contributed by atoms with Gasteiger partial charge in [0.15, 0.2) is 9.84 Å². The molecule has 1 aromatic rings. The Balaban J connectivity index is 2.30. The second kappa shape index (κ2) is 6.78. The first-order valence-corrected chi connectivity index (χ1v) is 8.96. The van der Waals surface area contributed by atoms with Crippen LogP contribution in [0, 0.1) is 5.92 Å². The van der Waals surface area contributed by atoms with E-state index in [9.17, 15) is 27.1 Å². The molecular weight excluding hydrogens is 326 g/mol. The lowest BCUT2D eigenvalue weighted by atomic mass is 9.99. The first kappa shape index (κ1) is 17.6. The monoisotopic (exact) mass is 344 g/mol. The fraction of sp³-hybridized carbons (Fsp3) is 0.438. The molecule has 0 radical (unpaired) electrons. The van der Waals surface area contributed by atoms with E-state index in [-0.39, 0.29) is 29.1 Å². The van der Waals surface area contributed by atoms with Gasteiger partial charge in [-0.25, -0.2) is 22.0 Å². The third-order valence-electron chi connectivity index (χ3n) is 3.99. The summed E-state index contributed by atoms with van der Waals surface area (Å²) in [6.07, 6.45) is -1.86. The van der Waals surface area contributed by atoms with Crippen molar-refractivity contribution in [3.8, 4) is 0 Å². The molecule has 0 aromatic heterocycles. The van der Waals surface area contributed by atoms with Crippen molar-refractivity contribution in [1.82, 2.24) is 0 Å². The molecule has 0 spiro atoms. The highest BCUT2D eigenvalue weighted by molar-refractivity contribution is 7.91. The third-order valence-corrected chi connectivity index (χ3v) is 5.74. The number of sulfone groups is 1. The number of carboxylic acid groups (broad SMARTS) is 1. The van der Waals surface area contributed by atoms with Gasteiger partial charge in [0.2, 0.25) is 0 Å². The smallest absolute Gasteiger partial charge is 0.335 e. The highest BCUT2D eigenvalue weighted by Crippen LogP contribution is 2.33. The molecule has 0 heterocycles. The molecule has 0 bridgehead atoms. The maximum Gasteiger partial charge on any atom is 0.335 e. The van der Waals surface area contributed by atoms with E-state index >= 15 is 0 Å². The number of rotatable bonds is 5. The molecule has 1 aliphatic rings. The van der Waals surface area contributed by atoms with Crippen molar-refractivity contribution < 1.29 is 27.1 Å². The summed E-state index contributed by atoms with van der Waals surface area (Å²) < 4.78 is 50.0. The molecule has 126 valence electrons. The first-order valence-electron chi connectivity index (χ1n) is 7.31. The van der Waals surface area contributed by atoms with E-state index in [1.807, 2.05) is 0 Å². The Morgan fingerprint density at radius 3 is 2.17 bits per heavy atom. The minimum Gasteiger partial charge on any atom is -0.478 e. The van der Waals surface area contributed by atoms with Crippen LogP contribution in [0.25, 0.3) is 5.57 Å². The van der Waals surface area contributed by atoms with Gasteiger partial charge in [-0.2, -0.15) is 0 Å². The number of halogens is 2. The highest BCUT2D eigenvalue weighted by atomic mass is 32.2. The van der Waals surface area contributed by atoms with Crippen LogP contribution < -0.4 is 0 Å². The summed E-state index contributed by atoms with van der Waals surface area (Å²) in [5.74, 6) is -1.75. The second-order valence-electron chi connectivity index (χ2n) is 5.58. The molecule has 0 saturated heterocycles. The van der Waals surface area contributed by atoms with Gasteiger partial charge in [0.25, 0.3) is 0 Å². The molecule has 1 aliphatic carbocycles. The molecule has 2 rings (SSSR count). The van der Waals surface area contributed by atoms with Gasteiger partial charge in [-0.15, -0.1) is 0 Å². The summed E-state index contributed by atoms with van der Waals surface area (Å²) in [5, 5.41) is 9.32. The van der Waals surface area contributed by atoms with Crippen LogP contribution in [0.1, 0.15) is 25.3 Å². The first-order chi connectivity index (χ1) is 10.7. The summed E-state index contributed by atoms with van der Waals surface area (Å²) in [6, 6.07) is 5.49. The lowest BCUT2D eigenvalue weighted by Crippen LogP contribution is -2.06. The van der Waals surface area contributed by atoms with Crippen LogP contribution in [-0.2, 0) is 14.6 Å². The maximum absolute atomic E-state index is 13.2. The van der Waals surface area contributed by atoms with Gasteiger partial charge in [0.1, 0.15) is 12.3 Å². The van der Waals surface area contributed by atoms with Gasteiger partial charge in [-0.1, -0.05) is 25.1 Å².